The number of aromatic nitrogens is 1. The van der Waals surface area contributed by atoms with Crippen LogP contribution in [0.1, 0.15) is 12.8 Å². The molecule has 1 saturated heterocycles. The van der Waals surface area contributed by atoms with Gasteiger partial charge in [0.25, 0.3) is 5.69 Å². The maximum absolute atomic E-state index is 12.1. The lowest BCUT2D eigenvalue weighted by Gasteiger charge is -2.27. The fourth-order valence-corrected chi connectivity index (χ4v) is 2.84. The van der Waals surface area contributed by atoms with Crippen molar-refractivity contribution >= 4 is 35.1 Å². The van der Waals surface area contributed by atoms with Crippen LogP contribution in [-0.4, -0.2) is 46.5 Å². The summed E-state index contributed by atoms with van der Waals surface area (Å²) in [6.07, 6.45) is 0.861. The van der Waals surface area contributed by atoms with Gasteiger partial charge in [0.1, 0.15) is 0 Å². The molecule has 0 radical (unpaired) electrons. The molecule has 3 rings (SSSR count). The number of amides is 1. The number of piperazine rings is 1. The van der Waals surface area contributed by atoms with Gasteiger partial charge in [0.2, 0.25) is 5.91 Å². The first kappa shape index (κ1) is 18.9. The number of nitrogens with zero attached hydrogens (tertiary/aromatic N) is 3. The Morgan fingerprint density at radius 2 is 2.04 bits per heavy atom. The molecule has 1 aliphatic heterocycles. The molecule has 2 heterocycles. The lowest BCUT2D eigenvalue weighted by Crippen LogP contribution is -2.46. The lowest BCUT2D eigenvalue weighted by molar-refractivity contribution is -0.384. The van der Waals surface area contributed by atoms with Gasteiger partial charge in [-0.1, -0.05) is 0 Å². The van der Waals surface area contributed by atoms with E-state index in [-0.39, 0.29) is 29.6 Å². The van der Waals surface area contributed by atoms with Crippen molar-refractivity contribution in [2.24, 2.45) is 0 Å². The maximum atomic E-state index is 12.1. The largest absolute Gasteiger partial charge is 0.419 e. The molecule has 1 fully saturated rings. The van der Waals surface area contributed by atoms with Crippen LogP contribution in [0.5, 0.6) is 0 Å². The van der Waals surface area contributed by atoms with Gasteiger partial charge in [0.05, 0.1) is 16.5 Å². The number of halogens is 1. The van der Waals surface area contributed by atoms with Crippen LogP contribution < -0.4 is 11.1 Å². The summed E-state index contributed by atoms with van der Waals surface area (Å²) in [5, 5.41) is 14.0. The molecule has 1 aromatic carbocycles. The molecule has 0 atom stereocenters. The molecule has 0 unspecified atom stereocenters. The molecule has 0 aliphatic carbocycles. The van der Waals surface area contributed by atoms with Crippen molar-refractivity contribution in [3.63, 3.8) is 0 Å². The van der Waals surface area contributed by atoms with Crippen molar-refractivity contribution in [3.8, 4) is 0 Å². The average Bonchev–Trinajstić information content (AvgIpc) is 2.90. The Morgan fingerprint density at radius 3 is 2.72 bits per heavy atom. The summed E-state index contributed by atoms with van der Waals surface area (Å²) in [6, 6.07) is 4.06. The van der Waals surface area contributed by atoms with Gasteiger partial charge in [-0.2, -0.15) is 0 Å². The fraction of sp³-hybridized carbons (Fsp3) is 0.467. The number of nitro groups is 1. The minimum Gasteiger partial charge on any atom is -0.407 e. The SMILES string of the molecule is Cl.O=C(CCCn1c(=O)oc2cc([N+](=O)[O-])ccc21)N1CCNCC1. The average molecular weight is 371 g/mol. The van der Waals surface area contributed by atoms with E-state index >= 15 is 0 Å². The predicted molar refractivity (Wildman–Crippen MR) is 93.1 cm³/mol. The number of nitrogens with one attached hydrogen (secondary N) is 1. The number of rotatable bonds is 5. The third kappa shape index (κ3) is 4.18. The van der Waals surface area contributed by atoms with E-state index in [2.05, 4.69) is 5.32 Å². The van der Waals surface area contributed by atoms with Gasteiger partial charge >= 0.3 is 5.76 Å². The lowest BCUT2D eigenvalue weighted by atomic mass is 10.2. The quantitative estimate of drug-likeness (QED) is 0.624. The van der Waals surface area contributed by atoms with Crippen molar-refractivity contribution in [2.45, 2.75) is 19.4 Å². The second kappa shape index (κ2) is 8.13. The van der Waals surface area contributed by atoms with Crippen molar-refractivity contribution in [3.05, 3.63) is 38.9 Å². The van der Waals surface area contributed by atoms with Crippen LogP contribution >= 0.6 is 12.4 Å². The molecule has 2 aromatic rings. The number of benzene rings is 1. The van der Waals surface area contributed by atoms with Crippen LogP contribution in [-0.2, 0) is 11.3 Å². The van der Waals surface area contributed by atoms with Gasteiger partial charge in [-0.3, -0.25) is 19.5 Å². The Bertz CT molecular complexity index is 825. The molecule has 136 valence electrons. The van der Waals surface area contributed by atoms with Crippen LogP contribution in [0, 0.1) is 10.1 Å². The Hall–Kier alpha value is -2.39. The van der Waals surface area contributed by atoms with Gasteiger partial charge in [-0.05, 0) is 12.5 Å². The molecule has 1 aliphatic rings. The summed E-state index contributed by atoms with van der Waals surface area (Å²) >= 11 is 0. The normalized spacial score (nSPS) is 14.3. The van der Waals surface area contributed by atoms with Crippen molar-refractivity contribution in [1.29, 1.82) is 0 Å². The molecular formula is C15H19ClN4O5. The number of hydrogen-bond acceptors (Lipinski definition) is 6. The summed E-state index contributed by atoms with van der Waals surface area (Å²) in [5.41, 5.74) is 0.556. The molecule has 1 aromatic heterocycles. The van der Waals surface area contributed by atoms with Gasteiger partial charge in [0.15, 0.2) is 5.58 Å². The monoisotopic (exact) mass is 370 g/mol. The number of nitro benzene ring substituents is 1. The summed E-state index contributed by atoms with van der Waals surface area (Å²) < 4.78 is 6.47. The van der Waals surface area contributed by atoms with E-state index < -0.39 is 10.7 Å². The molecular weight excluding hydrogens is 352 g/mol. The van der Waals surface area contributed by atoms with Crippen LogP contribution in [0.25, 0.3) is 11.1 Å². The van der Waals surface area contributed by atoms with Gasteiger partial charge in [0, 0.05) is 45.2 Å². The third-order valence-electron chi connectivity index (χ3n) is 4.10. The summed E-state index contributed by atoms with van der Waals surface area (Å²) in [5.74, 6) is -0.492. The first-order valence-electron chi connectivity index (χ1n) is 7.82. The van der Waals surface area contributed by atoms with Crippen molar-refractivity contribution in [1.82, 2.24) is 14.8 Å². The number of hydrogen-bond donors (Lipinski definition) is 1. The van der Waals surface area contributed by atoms with Crippen LogP contribution in [0.3, 0.4) is 0 Å². The van der Waals surface area contributed by atoms with E-state index in [1.807, 2.05) is 4.90 Å². The minimum atomic E-state index is -0.569. The van der Waals surface area contributed by atoms with Gasteiger partial charge in [-0.25, -0.2) is 4.79 Å². The number of oxazole rings is 1. The zero-order chi connectivity index (χ0) is 17.1. The molecule has 0 spiro atoms. The summed E-state index contributed by atoms with van der Waals surface area (Å²) in [7, 11) is 0. The van der Waals surface area contributed by atoms with E-state index in [1.54, 1.807) is 0 Å². The smallest absolute Gasteiger partial charge is 0.407 e. The maximum Gasteiger partial charge on any atom is 0.419 e. The second-order valence-electron chi connectivity index (χ2n) is 5.66. The molecule has 0 bridgehead atoms. The number of aryl methyl sites for hydroxylation is 1. The number of non-ortho nitro benzene ring substituents is 1. The third-order valence-corrected chi connectivity index (χ3v) is 4.10. The van der Waals surface area contributed by atoms with E-state index in [9.17, 15) is 19.7 Å². The molecule has 10 heteroatoms. The van der Waals surface area contributed by atoms with Crippen LogP contribution in [0.4, 0.5) is 5.69 Å². The Kier molecular flexibility index (Phi) is 6.16. The van der Waals surface area contributed by atoms with E-state index in [1.165, 1.54) is 22.8 Å². The highest BCUT2D eigenvalue weighted by Gasteiger charge is 2.17. The first-order valence-corrected chi connectivity index (χ1v) is 7.82. The second-order valence-corrected chi connectivity index (χ2v) is 5.66. The number of carbonyl (C=O) groups is 1. The Labute approximate surface area is 149 Å². The molecule has 0 saturated carbocycles. The molecule has 25 heavy (non-hydrogen) atoms. The summed E-state index contributed by atoms with van der Waals surface area (Å²) in [4.78, 5) is 36.1. The number of carbonyl (C=O) groups excluding carboxylic acids is 1. The zero-order valence-electron chi connectivity index (χ0n) is 13.5. The minimum absolute atomic E-state index is 0. The highest BCUT2D eigenvalue weighted by atomic mass is 35.5. The first-order chi connectivity index (χ1) is 11.6. The standard InChI is InChI=1S/C15H18N4O5.ClH/c20-14(17-8-5-16-6-9-17)2-1-7-18-12-4-3-11(19(22)23)10-13(12)24-15(18)21;/h3-4,10,16H,1-2,5-9H2;1H. The Balaban J connectivity index is 0.00000225. The van der Waals surface area contributed by atoms with E-state index in [0.717, 1.165) is 13.1 Å². The molecule has 9 nitrogen and oxygen atoms in total. The topological polar surface area (TPSA) is 111 Å². The zero-order valence-corrected chi connectivity index (χ0v) is 14.3. The van der Waals surface area contributed by atoms with E-state index in [4.69, 9.17) is 4.42 Å². The van der Waals surface area contributed by atoms with Crippen molar-refractivity contribution in [2.75, 3.05) is 26.2 Å². The van der Waals surface area contributed by atoms with Crippen LogP contribution in [0.2, 0.25) is 0 Å². The number of fused-ring (bicyclic) bond motifs is 1. The fourth-order valence-electron chi connectivity index (χ4n) is 2.84. The van der Waals surface area contributed by atoms with E-state index in [0.29, 0.717) is 38.0 Å². The summed E-state index contributed by atoms with van der Waals surface area (Å²) in [6.45, 7) is 3.35. The van der Waals surface area contributed by atoms with Gasteiger partial charge < -0.3 is 14.6 Å². The molecule has 1 amide bonds. The molecule has 1 N–H and O–H groups in total. The predicted octanol–water partition coefficient (Wildman–Crippen LogP) is 1.14. The highest BCUT2D eigenvalue weighted by molar-refractivity contribution is 5.85. The van der Waals surface area contributed by atoms with Gasteiger partial charge in [-0.15, -0.1) is 12.4 Å². The highest BCUT2D eigenvalue weighted by Crippen LogP contribution is 2.20. The van der Waals surface area contributed by atoms with Crippen LogP contribution in [0.15, 0.2) is 27.4 Å². The Morgan fingerprint density at radius 1 is 1.32 bits per heavy atom. The van der Waals surface area contributed by atoms with Crippen molar-refractivity contribution < 1.29 is 14.1 Å².